The molecule has 0 aromatic heterocycles. The highest BCUT2D eigenvalue weighted by Crippen LogP contribution is 2.27. The van der Waals surface area contributed by atoms with Crippen molar-refractivity contribution in [3.05, 3.63) is 0 Å². The Labute approximate surface area is 107 Å². The molecule has 2 nitrogen and oxygen atoms in total. The van der Waals surface area contributed by atoms with E-state index in [1.54, 1.807) is 0 Å². The normalized spacial score (nSPS) is 24.2. The second-order valence-corrected chi connectivity index (χ2v) is 6.00. The van der Waals surface area contributed by atoms with Gasteiger partial charge in [0.2, 0.25) is 0 Å². The van der Waals surface area contributed by atoms with Gasteiger partial charge in [0.25, 0.3) is 0 Å². The van der Waals surface area contributed by atoms with E-state index in [-0.39, 0.29) is 0 Å². The summed E-state index contributed by atoms with van der Waals surface area (Å²) < 4.78 is 0. The third kappa shape index (κ3) is 4.26. The van der Waals surface area contributed by atoms with E-state index in [2.05, 4.69) is 24.1 Å². The van der Waals surface area contributed by atoms with Crippen molar-refractivity contribution in [3.63, 3.8) is 0 Å². The van der Waals surface area contributed by atoms with Gasteiger partial charge >= 0.3 is 0 Å². The summed E-state index contributed by atoms with van der Waals surface area (Å²) in [7, 11) is 0. The molecule has 0 aromatic rings. The summed E-state index contributed by atoms with van der Waals surface area (Å²) in [6, 6.07) is 1.65. The molecule has 2 aliphatic rings. The minimum atomic E-state index is 0.730. The van der Waals surface area contributed by atoms with Crippen LogP contribution < -0.4 is 5.32 Å². The lowest BCUT2D eigenvalue weighted by atomic mass is 9.84. The molecule has 0 bridgehead atoms. The van der Waals surface area contributed by atoms with Crippen LogP contribution in [0.5, 0.6) is 0 Å². The van der Waals surface area contributed by atoms with E-state index < -0.39 is 0 Å². The summed E-state index contributed by atoms with van der Waals surface area (Å²) >= 11 is 0. The van der Waals surface area contributed by atoms with Crippen molar-refractivity contribution >= 4 is 0 Å². The molecule has 0 aromatic carbocycles. The monoisotopic (exact) mass is 238 g/mol. The van der Waals surface area contributed by atoms with Crippen molar-refractivity contribution in [1.82, 2.24) is 10.2 Å². The lowest BCUT2D eigenvalue weighted by Crippen LogP contribution is -2.40. The number of nitrogens with zero attached hydrogens (tertiary/aromatic N) is 1. The van der Waals surface area contributed by atoms with Gasteiger partial charge < -0.3 is 5.32 Å². The molecule has 0 radical (unpaired) electrons. The van der Waals surface area contributed by atoms with Crippen LogP contribution in [0, 0.1) is 5.92 Å². The molecule has 1 unspecified atom stereocenters. The van der Waals surface area contributed by atoms with E-state index in [0.717, 1.165) is 18.0 Å². The zero-order valence-corrected chi connectivity index (χ0v) is 11.8. The minimum absolute atomic E-state index is 0.730. The molecule has 1 N–H and O–H groups in total. The van der Waals surface area contributed by atoms with E-state index >= 15 is 0 Å². The highest BCUT2D eigenvalue weighted by atomic mass is 15.2. The van der Waals surface area contributed by atoms with Gasteiger partial charge in [0.15, 0.2) is 0 Å². The van der Waals surface area contributed by atoms with Gasteiger partial charge in [-0.2, -0.15) is 0 Å². The smallest absolute Gasteiger partial charge is 0.0110 e. The topological polar surface area (TPSA) is 15.3 Å². The zero-order chi connectivity index (χ0) is 12.1. The summed E-state index contributed by atoms with van der Waals surface area (Å²) in [5.74, 6) is 0.944. The van der Waals surface area contributed by atoms with Crippen LogP contribution in [0.3, 0.4) is 0 Å². The average molecular weight is 238 g/mol. The first-order valence-corrected chi connectivity index (χ1v) is 7.78. The van der Waals surface area contributed by atoms with E-state index in [1.165, 1.54) is 64.6 Å². The summed E-state index contributed by atoms with van der Waals surface area (Å²) in [5, 5.41) is 3.76. The highest BCUT2D eigenvalue weighted by molar-refractivity contribution is 4.84. The summed E-state index contributed by atoms with van der Waals surface area (Å²) in [6.45, 7) is 8.34. The SMILES string of the molecule is CCN(CCNC(C)C1CCCCC1)C1CC1. The summed E-state index contributed by atoms with van der Waals surface area (Å²) in [6.07, 6.45) is 10.2. The van der Waals surface area contributed by atoms with Gasteiger partial charge in [-0.05, 0) is 45.1 Å². The number of nitrogens with one attached hydrogen (secondary N) is 1. The molecule has 17 heavy (non-hydrogen) atoms. The predicted molar refractivity (Wildman–Crippen MR) is 74.3 cm³/mol. The average Bonchev–Trinajstić information content (AvgIpc) is 3.20. The Hall–Kier alpha value is -0.0800. The van der Waals surface area contributed by atoms with Crippen LogP contribution in [0.2, 0.25) is 0 Å². The molecule has 1 atom stereocenters. The van der Waals surface area contributed by atoms with Crippen molar-refractivity contribution in [3.8, 4) is 0 Å². The predicted octanol–water partition coefficient (Wildman–Crippen LogP) is 3.03. The molecule has 2 rings (SSSR count). The molecule has 0 saturated heterocycles. The Morgan fingerprint density at radius 2 is 1.82 bits per heavy atom. The van der Waals surface area contributed by atoms with Crippen LogP contribution >= 0.6 is 0 Å². The Kier molecular flexibility index (Phi) is 5.30. The standard InChI is InChI=1S/C15H30N2/c1-3-17(15-9-10-15)12-11-16-13(2)14-7-5-4-6-8-14/h13-16H,3-12H2,1-2H3. The van der Waals surface area contributed by atoms with Gasteiger partial charge in [0, 0.05) is 25.2 Å². The van der Waals surface area contributed by atoms with Gasteiger partial charge in [0.1, 0.15) is 0 Å². The van der Waals surface area contributed by atoms with Crippen LogP contribution in [0.1, 0.15) is 58.8 Å². The van der Waals surface area contributed by atoms with Crippen LogP contribution in [-0.2, 0) is 0 Å². The first-order chi connectivity index (χ1) is 8.31. The Morgan fingerprint density at radius 1 is 1.12 bits per heavy atom. The Morgan fingerprint density at radius 3 is 2.41 bits per heavy atom. The van der Waals surface area contributed by atoms with Gasteiger partial charge in [-0.1, -0.05) is 26.2 Å². The first kappa shape index (κ1) is 13.4. The molecular weight excluding hydrogens is 208 g/mol. The van der Waals surface area contributed by atoms with Crippen molar-refractivity contribution in [2.45, 2.75) is 70.9 Å². The van der Waals surface area contributed by atoms with Crippen molar-refractivity contribution in [1.29, 1.82) is 0 Å². The fraction of sp³-hybridized carbons (Fsp3) is 1.00. The summed E-state index contributed by atoms with van der Waals surface area (Å²) in [5.41, 5.74) is 0. The van der Waals surface area contributed by atoms with E-state index in [1.807, 2.05) is 0 Å². The fourth-order valence-corrected chi connectivity index (χ4v) is 3.28. The van der Waals surface area contributed by atoms with E-state index in [9.17, 15) is 0 Å². The maximum atomic E-state index is 3.76. The fourth-order valence-electron chi connectivity index (χ4n) is 3.28. The molecule has 2 heteroatoms. The number of rotatable bonds is 7. The van der Waals surface area contributed by atoms with Gasteiger partial charge in [-0.25, -0.2) is 0 Å². The molecule has 0 spiro atoms. The largest absolute Gasteiger partial charge is 0.313 e. The van der Waals surface area contributed by atoms with Crippen LogP contribution in [0.4, 0.5) is 0 Å². The molecule has 0 aliphatic heterocycles. The molecular formula is C15H30N2. The molecule has 2 aliphatic carbocycles. The maximum absolute atomic E-state index is 3.76. The lowest BCUT2D eigenvalue weighted by molar-refractivity contribution is 0.246. The third-order valence-corrected chi connectivity index (χ3v) is 4.69. The quantitative estimate of drug-likeness (QED) is 0.733. The van der Waals surface area contributed by atoms with Crippen LogP contribution in [0.15, 0.2) is 0 Å². The first-order valence-electron chi connectivity index (χ1n) is 7.78. The van der Waals surface area contributed by atoms with Gasteiger partial charge in [0.05, 0.1) is 0 Å². The van der Waals surface area contributed by atoms with Crippen molar-refractivity contribution in [2.75, 3.05) is 19.6 Å². The highest BCUT2D eigenvalue weighted by Gasteiger charge is 2.27. The van der Waals surface area contributed by atoms with Gasteiger partial charge in [-0.3, -0.25) is 4.90 Å². The van der Waals surface area contributed by atoms with Crippen LogP contribution in [0.25, 0.3) is 0 Å². The second kappa shape index (κ2) is 6.75. The molecule has 0 amide bonds. The van der Waals surface area contributed by atoms with E-state index in [4.69, 9.17) is 0 Å². The summed E-state index contributed by atoms with van der Waals surface area (Å²) in [4.78, 5) is 2.64. The number of likely N-dealkylation sites (N-methyl/N-ethyl adjacent to an activating group) is 1. The van der Waals surface area contributed by atoms with Crippen LogP contribution in [-0.4, -0.2) is 36.6 Å². The zero-order valence-electron chi connectivity index (χ0n) is 11.8. The number of hydrogen-bond donors (Lipinski definition) is 1. The molecule has 2 saturated carbocycles. The van der Waals surface area contributed by atoms with E-state index in [0.29, 0.717) is 0 Å². The Balaban J connectivity index is 1.59. The lowest BCUT2D eigenvalue weighted by Gasteiger charge is -2.29. The molecule has 100 valence electrons. The molecule has 2 fully saturated rings. The third-order valence-electron chi connectivity index (χ3n) is 4.69. The Bertz CT molecular complexity index is 207. The minimum Gasteiger partial charge on any atom is -0.313 e. The molecule has 0 heterocycles. The van der Waals surface area contributed by atoms with Gasteiger partial charge in [-0.15, -0.1) is 0 Å². The van der Waals surface area contributed by atoms with Crippen molar-refractivity contribution in [2.24, 2.45) is 5.92 Å². The number of hydrogen-bond acceptors (Lipinski definition) is 2. The second-order valence-electron chi connectivity index (χ2n) is 6.00. The maximum Gasteiger partial charge on any atom is 0.0110 e. The van der Waals surface area contributed by atoms with Crippen molar-refractivity contribution < 1.29 is 0 Å².